The molecule has 114 valence electrons. The predicted octanol–water partition coefficient (Wildman–Crippen LogP) is 2.41. The van der Waals surface area contributed by atoms with Crippen LogP contribution >= 0.6 is 0 Å². The van der Waals surface area contributed by atoms with Crippen molar-refractivity contribution in [1.29, 1.82) is 0 Å². The Kier molecular flexibility index (Phi) is 5.20. The van der Waals surface area contributed by atoms with Gasteiger partial charge in [-0.1, -0.05) is 19.3 Å². The molecule has 0 atom stereocenters. The molecule has 1 N–H and O–H groups in total. The summed E-state index contributed by atoms with van der Waals surface area (Å²) in [7, 11) is 3.88. The van der Waals surface area contributed by atoms with Crippen LogP contribution in [0.25, 0.3) is 0 Å². The number of carbonyl (C=O) groups is 1. The Labute approximate surface area is 125 Å². The third-order valence-corrected chi connectivity index (χ3v) is 3.81. The quantitative estimate of drug-likeness (QED) is 0.401. The van der Waals surface area contributed by atoms with Crippen LogP contribution in [0.2, 0.25) is 0 Å². The smallest absolute Gasteiger partial charge is 0.309 e. The van der Waals surface area contributed by atoms with E-state index in [0.717, 1.165) is 37.6 Å². The van der Waals surface area contributed by atoms with Gasteiger partial charge in [-0.25, -0.2) is 0 Å². The van der Waals surface area contributed by atoms with E-state index in [1.165, 1.54) is 6.42 Å². The van der Waals surface area contributed by atoms with Crippen LogP contribution in [0.5, 0.6) is 0 Å². The van der Waals surface area contributed by atoms with Crippen molar-refractivity contribution in [1.82, 2.24) is 5.32 Å². The molecule has 1 amide bonds. The van der Waals surface area contributed by atoms with E-state index in [1.807, 2.05) is 31.1 Å². The molecule has 0 spiro atoms. The molecular weight excluding hydrogens is 266 g/mol. The lowest BCUT2D eigenvalue weighted by atomic mass is 9.95. The number of amides is 1. The van der Waals surface area contributed by atoms with Gasteiger partial charge in [0.1, 0.15) is 0 Å². The van der Waals surface area contributed by atoms with E-state index < -0.39 is 0 Å². The molecule has 0 unspecified atom stereocenters. The van der Waals surface area contributed by atoms with Crippen LogP contribution in [0.4, 0.5) is 11.4 Å². The molecule has 1 saturated carbocycles. The predicted molar refractivity (Wildman–Crippen MR) is 85.1 cm³/mol. The lowest BCUT2D eigenvalue weighted by Gasteiger charge is -2.21. The van der Waals surface area contributed by atoms with E-state index in [1.54, 1.807) is 12.1 Å². The molecule has 1 aliphatic rings. The number of benzene rings is 1. The highest BCUT2D eigenvalue weighted by atomic mass is 16.5. The molecule has 0 heterocycles. The van der Waals surface area contributed by atoms with Crippen LogP contribution in [0.3, 0.4) is 0 Å². The zero-order chi connectivity index (χ0) is 15.2. The summed E-state index contributed by atoms with van der Waals surface area (Å²) in [6.45, 7) is 0. The number of hydrogen-bond donors (Lipinski definition) is 1. The van der Waals surface area contributed by atoms with Crippen LogP contribution in [-0.2, 0) is 4.79 Å². The minimum atomic E-state index is -0.311. The van der Waals surface area contributed by atoms with Gasteiger partial charge in [-0.2, -0.15) is 4.74 Å². The van der Waals surface area contributed by atoms with Crippen molar-refractivity contribution >= 4 is 23.5 Å². The zero-order valence-corrected chi connectivity index (χ0v) is 12.7. The van der Waals surface area contributed by atoms with Gasteiger partial charge in [0.15, 0.2) is 0 Å². The maximum Gasteiger partial charge on any atom is 0.309 e. The molecule has 1 fully saturated rings. The van der Waals surface area contributed by atoms with E-state index in [0.29, 0.717) is 10.4 Å². The Morgan fingerprint density at radius 2 is 1.86 bits per heavy atom. The SMILES string of the molecule is CN(C)c1ccc([N+]([O-])=CC(=O)NC2CCCCC2)cc1. The first-order chi connectivity index (χ1) is 10.1. The monoisotopic (exact) mass is 289 g/mol. The largest absolute Gasteiger partial charge is 0.618 e. The topological polar surface area (TPSA) is 58.4 Å². The number of hydrogen-bond acceptors (Lipinski definition) is 3. The summed E-state index contributed by atoms with van der Waals surface area (Å²) >= 11 is 0. The lowest BCUT2D eigenvalue weighted by Crippen LogP contribution is -2.37. The molecule has 0 saturated heterocycles. The number of anilines is 1. The third kappa shape index (κ3) is 4.48. The fourth-order valence-electron chi connectivity index (χ4n) is 2.56. The fraction of sp³-hybridized carbons (Fsp3) is 0.500. The van der Waals surface area contributed by atoms with Gasteiger partial charge in [-0.15, -0.1) is 0 Å². The zero-order valence-electron chi connectivity index (χ0n) is 12.7. The maximum absolute atomic E-state index is 12.0. The molecular formula is C16H23N3O2. The summed E-state index contributed by atoms with van der Waals surface area (Å²) in [4.78, 5) is 13.8. The number of nitrogens with zero attached hydrogens (tertiary/aromatic N) is 2. The second-order valence-corrected chi connectivity index (χ2v) is 5.71. The van der Waals surface area contributed by atoms with Crippen molar-refractivity contribution < 1.29 is 9.53 Å². The molecule has 0 bridgehead atoms. The Balaban J connectivity index is 1.97. The van der Waals surface area contributed by atoms with Crippen LogP contribution < -0.4 is 10.2 Å². The Morgan fingerprint density at radius 3 is 2.43 bits per heavy atom. The minimum Gasteiger partial charge on any atom is -0.618 e. The molecule has 2 rings (SSSR count). The van der Waals surface area contributed by atoms with Crippen LogP contribution in [0.1, 0.15) is 32.1 Å². The molecule has 1 aromatic rings. The summed E-state index contributed by atoms with van der Waals surface area (Å²) in [5.41, 5.74) is 1.47. The Bertz CT molecular complexity index is 503. The normalized spacial score (nSPS) is 16.6. The van der Waals surface area contributed by atoms with Crippen molar-refractivity contribution in [3.8, 4) is 0 Å². The summed E-state index contributed by atoms with van der Waals surface area (Å²) in [5.74, 6) is -0.311. The molecule has 0 aromatic heterocycles. The third-order valence-electron chi connectivity index (χ3n) is 3.81. The first-order valence-electron chi connectivity index (χ1n) is 7.45. The van der Waals surface area contributed by atoms with Gasteiger partial charge in [0.2, 0.25) is 11.9 Å². The van der Waals surface area contributed by atoms with E-state index in [9.17, 15) is 10.0 Å². The van der Waals surface area contributed by atoms with Gasteiger partial charge >= 0.3 is 5.91 Å². The van der Waals surface area contributed by atoms with Gasteiger partial charge in [-0.05, 0) is 25.0 Å². The first kappa shape index (κ1) is 15.4. The van der Waals surface area contributed by atoms with Crippen molar-refractivity contribution in [2.75, 3.05) is 19.0 Å². The summed E-state index contributed by atoms with van der Waals surface area (Å²) in [5, 5.41) is 14.9. The second-order valence-electron chi connectivity index (χ2n) is 5.71. The van der Waals surface area contributed by atoms with Gasteiger partial charge in [0.25, 0.3) is 0 Å². The highest BCUT2D eigenvalue weighted by Gasteiger charge is 2.16. The maximum atomic E-state index is 12.0. The van der Waals surface area contributed by atoms with Crippen LogP contribution in [0.15, 0.2) is 24.3 Å². The van der Waals surface area contributed by atoms with Crippen LogP contribution in [0, 0.1) is 5.21 Å². The van der Waals surface area contributed by atoms with Gasteiger partial charge < -0.3 is 15.4 Å². The summed E-state index contributed by atoms with van der Waals surface area (Å²) < 4.78 is 0.623. The van der Waals surface area contributed by atoms with Crippen molar-refractivity contribution in [3.05, 3.63) is 29.5 Å². The van der Waals surface area contributed by atoms with E-state index in [2.05, 4.69) is 5.32 Å². The lowest BCUT2D eigenvalue weighted by molar-refractivity contribution is -0.354. The van der Waals surface area contributed by atoms with Gasteiger partial charge in [-0.3, -0.25) is 4.79 Å². The van der Waals surface area contributed by atoms with Crippen LogP contribution in [-0.4, -0.2) is 37.0 Å². The van der Waals surface area contributed by atoms with Crippen molar-refractivity contribution in [2.24, 2.45) is 0 Å². The Hall–Kier alpha value is -2.04. The molecule has 1 aliphatic carbocycles. The number of nitrogens with one attached hydrogen (secondary N) is 1. The molecule has 21 heavy (non-hydrogen) atoms. The molecule has 0 aliphatic heterocycles. The van der Waals surface area contributed by atoms with E-state index in [4.69, 9.17) is 0 Å². The minimum absolute atomic E-state index is 0.215. The number of rotatable bonds is 4. The van der Waals surface area contributed by atoms with Crippen molar-refractivity contribution in [2.45, 2.75) is 38.1 Å². The second kappa shape index (κ2) is 7.11. The average molecular weight is 289 g/mol. The number of carbonyl (C=O) groups excluding carboxylic acids is 1. The molecule has 1 aromatic carbocycles. The summed E-state index contributed by atoms with van der Waals surface area (Å²) in [6.07, 6.45) is 6.64. The molecule has 5 nitrogen and oxygen atoms in total. The highest BCUT2D eigenvalue weighted by Crippen LogP contribution is 2.18. The van der Waals surface area contributed by atoms with Gasteiger partial charge in [0.05, 0.1) is 0 Å². The van der Waals surface area contributed by atoms with Crippen molar-refractivity contribution in [3.63, 3.8) is 0 Å². The highest BCUT2D eigenvalue weighted by molar-refractivity contribution is 6.24. The fourth-order valence-corrected chi connectivity index (χ4v) is 2.56. The van der Waals surface area contributed by atoms with E-state index in [-0.39, 0.29) is 11.9 Å². The molecule has 5 heteroatoms. The molecule has 0 radical (unpaired) electrons. The van der Waals surface area contributed by atoms with E-state index >= 15 is 0 Å². The first-order valence-corrected chi connectivity index (χ1v) is 7.45. The van der Waals surface area contributed by atoms with Gasteiger partial charge in [0, 0.05) is 38.0 Å². The Morgan fingerprint density at radius 1 is 1.24 bits per heavy atom. The standard InChI is InChI=1S/C16H23N3O2/c1-18(2)14-8-10-15(11-9-14)19(21)12-16(20)17-13-6-4-3-5-7-13/h8-13H,3-7H2,1-2H3,(H,17,20). The average Bonchev–Trinajstić information content (AvgIpc) is 2.48. The summed E-state index contributed by atoms with van der Waals surface area (Å²) in [6, 6.07) is 7.35.